The van der Waals surface area contributed by atoms with E-state index >= 15 is 0 Å². The smallest absolute Gasteiger partial charge is 0.414 e. The first-order chi connectivity index (χ1) is 15.7. The molecule has 164 valence electrons. The highest BCUT2D eigenvalue weighted by molar-refractivity contribution is 8.00. The molecule has 2 aromatic carbocycles. The van der Waals surface area contributed by atoms with E-state index in [1.807, 2.05) is 48.7 Å². The number of hydrogen-bond donors (Lipinski definition) is 2. The Morgan fingerprint density at radius 3 is 3.03 bits per heavy atom. The van der Waals surface area contributed by atoms with Gasteiger partial charge in [0, 0.05) is 28.7 Å². The predicted octanol–water partition coefficient (Wildman–Crippen LogP) is 4.17. The van der Waals surface area contributed by atoms with Crippen molar-refractivity contribution in [3.63, 3.8) is 0 Å². The Morgan fingerprint density at radius 2 is 2.09 bits per heavy atom. The second-order valence-electron chi connectivity index (χ2n) is 7.94. The van der Waals surface area contributed by atoms with E-state index in [-0.39, 0.29) is 18.1 Å². The average molecular weight is 449 g/mol. The number of anilines is 2. The molecule has 5 rings (SSSR count). The van der Waals surface area contributed by atoms with Crippen molar-refractivity contribution in [2.45, 2.75) is 30.4 Å². The largest absolute Gasteiger partial charge is 0.444 e. The van der Waals surface area contributed by atoms with Crippen LogP contribution < -0.4 is 15.5 Å². The number of fused-ring (bicyclic) bond motifs is 2. The topological polar surface area (TPSA) is 83.6 Å². The molecule has 2 aliphatic heterocycles. The molecular formula is C24H24N4O3S. The van der Waals surface area contributed by atoms with Crippen LogP contribution in [0.1, 0.15) is 18.4 Å². The fourth-order valence-electron chi connectivity index (χ4n) is 4.11. The highest BCUT2D eigenvalue weighted by Crippen LogP contribution is 2.35. The van der Waals surface area contributed by atoms with E-state index < -0.39 is 0 Å². The van der Waals surface area contributed by atoms with Crippen LogP contribution in [0.2, 0.25) is 0 Å². The van der Waals surface area contributed by atoms with Crippen LogP contribution in [0.4, 0.5) is 16.2 Å². The summed E-state index contributed by atoms with van der Waals surface area (Å²) in [5.74, 6) is 0.403. The molecule has 2 amide bonds. The van der Waals surface area contributed by atoms with Gasteiger partial charge < -0.3 is 15.4 Å². The van der Waals surface area contributed by atoms with E-state index in [1.54, 1.807) is 4.90 Å². The number of ether oxygens (including phenoxy) is 1. The summed E-state index contributed by atoms with van der Waals surface area (Å²) in [6, 6.07) is 15.9. The number of cyclic esters (lactones) is 1. The second kappa shape index (κ2) is 9.18. The van der Waals surface area contributed by atoms with Crippen LogP contribution in [0.15, 0.2) is 59.6 Å². The molecule has 0 spiro atoms. The number of thioether (sulfide) groups is 1. The first-order valence-corrected chi connectivity index (χ1v) is 11.7. The maximum atomic E-state index is 12.4. The summed E-state index contributed by atoms with van der Waals surface area (Å²) in [5, 5.41) is 7.53. The summed E-state index contributed by atoms with van der Waals surface area (Å²) in [6.07, 6.45) is 3.08. The van der Waals surface area contributed by atoms with Crippen molar-refractivity contribution in [3.05, 3.63) is 60.3 Å². The zero-order valence-electron chi connectivity index (χ0n) is 17.5. The van der Waals surface area contributed by atoms with Crippen LogP contribution in [0.5, 0.6) is 0 Å². The van der Waals surface area contributed by atoms with Crippen molar-refractivity contribution in [2.75, 3.05) is 29.1 Å². The van der Waals surface area contributed by atoms with Gasteiger partial charge in [-0.25, -0.2) is 4.79 Å². The molecule has 2 N–H and O–H groups in total. The number of amides is 2. The van der Waals surface area contributed by atoms with Gasteiger partial charge in [0.15, 0.2) is 0 Å². The van der Waals surface area contributed by atoms with E-state index in [0.29, 0.717) is 12.3 Å². The SMILES string of the molecule is O=C1CSc2ccc(N3CC(CCCNCc4ccnc5ccccc45)OC3=O)cc2N1. The maximum Gasteiger partial charge on any atom is 0.414 e. The first-order valence-electron chi connectivity index (χ1n) is 10.8. The van der Waals surface area contributed by atoms with Crippen molar-refractivity contribution in [3.8, 4) is 0 Å². The zero-order chi connectivity index (χ0) is 21.9. The molecule has 2 aliphatic rings. The molecule has 0 bridgehead atoms. The Labute approximate surface area is 190 Å². The quantitative estimate of drug-likeness (QED) is 0.528. The zero-order valence-corrected chi connectivity index (χ0v) is 18.4. The van der Waals surface area contributed by atoms with Crippen LogP contribution in [-0.2, 0) is 16.1 Å². The van der Waals surface area contributed by atoms with E-state index in [1.165, 1.54) is 22.7 Å². The molecule has 1 aromatic heterocycles. The molecule has 0 aliphatic carbocycles. The van der Waals surface area contributed by atoms with E-state index in [4.69, 9.17) is 4.74 Å². The number of nitrogens with zero attached hydrogens (tertiary/aromatic N) is 2. The van der Waals surface area contributed by atoms with Crippen molar-refractivity contribution >= 4 is 46.0 Å². The number of benzene rings is 2. The molecule has 8 heteroatoms. The Bertz CT molecular complexity index is 1160. The Kier molecular flexibility index (Phi) is 5.96. The molecule has 0 radical (unpaired) electrons. The first kappa shape index (κ1) is 20.8. The highest BCUT2D eigenvalue weighted by atomic mass is 32.2. The fourth-order valence-corrected chi connectivity index (χ4v) is 4.90. The summed E-state index contributed by atoms with van der Waals surface area (Å²) in [6.45, 7) is 2.14. The molecule has 1 saturated heterocycles. The van der Waals surface area contributed by atoms with E-state index in [9.17, 15) is 9.59 Å². The second-order valence-corrected chi connectivity index (χ2v) is 8.96. The van der Waals surface area contributed by atoms with Crippen LogP contribution in [0, 0.1) is 0 Å². The van der Waals surface area contributed by atoms with E-state index in [2.05, 4.69) is 21.7 Å². The normalized spacial score (nSPS) is 17.9. The van der Waals surface area contributed by atoms with Gasteiger partial charge >= 0.3 is 6.09 Å². The molecule has 1 unspecified atom stereocenters. The van der Waals surface area contributed by atoms with Gasteiger partial charge in [-0.3, -0.25) is 14.7 Å². The van der Waals surface area contributed by atoms with Crippen LogP contribution >= 0.6 is 11.8 Å². The van der Waals surface area contributed by atoms with Crippen LogP contribution in [0.25, 0.3) is 10.9 Å². The van der Waals surface area contributed by atoms with Crippen LogP contribution in [0.3, 0.4) is 0 Å². The minimum absolute atomic E-state index is 0.0196. The monoisotopic (exact) mass is 448 g/mol. The molecule has 7 nitrogen and oxygen atoms in total. The molecule has 1 fully saturated rings. The van der Waals surface area contributed by atoms with Crippen molar-refractivity contribution in [2.24, 2.45) is 0 Å². The van der Waals surface area contributed by atoms with Gasteiger partial charge in [0.05, 0.1) is 23.5 Å². The summed E-state index contributed by atoms with van der Waals surface area (Å²) < 4.78 is 5.57. The van der Waals surface area contributed by atoms with Gasteiger partial charge in [0.25, 0.3) is 0 Å². The van der Waals surface area contributed by atoms with Crippen molar-refractivity contribution in [1.29, 1.82) is 0 Å². The average Bonchev–Trinajstić information content (AvgIpc) is 3.18. The maximum absolute atomic E-state index is 12.4. The minimum atomic E-state index is -0.332. The number of pyridine rings is 1. The Hall–Kier alpha value is -3.10. The molecule has 32 heavy (non-hydrogen) atoms. The van der Waals surface area contributed by atoms with Gasteiger partial charge in [-0.05, 0) is 55.3 Å². The van der Waals surface area contributed by atoms with Gasteiger partial charge in [-0.15, -0.1) is 11.8 Å². The van der Waals surface area contributed by atoms with Gasteiger partial charge in [0.2, 0.25) is 5.91 Å². The Morgan fingerprint density at radius 1 is 1.19 bits per heavy atom. The lowest BCUT2D eigenvalue weighted by Crippen LogP contribution is -2.25. The predicted molar refractivity (Wildman–Crippen MR) is 126 cm³/mol. The third kappa shape index (κ3) is 4.42. The minimum Gasteiger partial charge on any atom is -0.444 e. The number of hydrogen-bond acceptors (Lipinski definition) is 6. The Balaban J connectivity index is 1.11. The molecular weight excluding hydrogens is 424 g/mol. The molecule has 3 heterocycles. The molecule has 0 saturated carbocycles. The standard InChI is InChI=1S/C24H24N4O3S/c29-23-15-32-22-8-7-17(12-21(22)27-23)28-14-18(31-24(28)30)4-3-10-25-13-16-9-11-26-20-6-2-1-5-19(16)20/h1-2,5-9,11-12,18,25H,3-4,10,13-15H2,(H,27,29). The van der Waals surface area contributed by atoms with Gasteiger partial charge in [-0.2, -0.15) is 0 Å². The lowest BCUT2D eigenvalue weighted by atomic mass is 10.1. The lowest BCUT2D eigenvalue weighted by Gasteiger charge is -2.20. The number of carbonyl (C=O) groups is 2. The fraction of sp³-hybridized carbons (Fsp3) is 0.292. The summed E-state index contributed by atoms with van der Waals surface area (Å²) in [7, 11) is 0. The number of aromatic nitrogens is 1. The molecule has 1 atom stereocenters. The highest BCUT2D eigenvalue weighted by Gasteiger charge is 2.32. The summed E-state index contributed by atoms with van der Waals surface area (Å²) >= 11 is 1.51. The van der Waals surface area contributed by atoms with Gasteiger partial charge in [0.1, 0.15) is 6.10 Å². The molecule has 3 aromatic rings. The number of para-hydroxylation sites is 1. The summed E-state index contributed by atoms with van der Waals surface area (Å²) in [5.41, 5.74) is 3.74. The van der Waals surface area contributed by atoms with Crippen LogP contribution in [-0.4, -0.2) is 41.9 Å². The third-order valence-electron chi connectivity index (χ3n) is 5.72. The number of rotatable bonds is 7. The van der Waals surface area contributed by atoms with Crippen molar-refractivity contribution in [1.82, 2.24) is 10.3 Å². The lowest BCUT2D eigenvalue weighted by molar-refractivity contribution is -0.113. The number of nitrogens with one attached hydrogen (secondary N) is 2. The third-order valence-corrected chi connectivity index (χ3v) is 6.79. The number of carbonyl (C=O) groups excluding carboxylic acids is 2. The van der Waals surface area contributed by atoms with Crippen molar-refractivity contribution < 1.29 is 14.3 Å². The summed E-state index contributed by atoms with van der Waals surface area (Å²) in [4.78, 5) is 31.1. The van der Waals surface area contributed by atoms with Gasteiger partial charge in [-0.1, -0.05) is 18.2 Å². The van der Waals surface area contributed by atoms with E-state index in [0.717, 1.165) is 47.7 Å².